The van der Waals surface area contributed by atoms with Crippen molar-refractivity contribution in [3.8, 4) is 0 Å². The summed E-state index contributed by atoms with van der Waals surface area (Å²) in [6.45, 7) is 18.0. The summed E-state index contributed by atoms with van der Waals surface area (Å²) in [4.78, 5) is 44.0. The minimum absolute atomic E-state index is 0.0756. The quantitative estimate of drug-likeness (QED) is 0.334. The Morgan fingerprint density at radius 3 is 2.33 bits per heavy atom. The van der Waals surface area contributed by atoms with Crippen molar-refractivity contribution in [2.24, 2.45) is 29.1 Å². The summed E-state index contributed by atoms with van der Waals surface area (Å²) in [5.74, 6) is -2.68. The second-order valence-electron chi connectivity index (χ2n) is 15.5. The molecule has 5 heterocycles. The van der Waals surface area contributed by atoms with Gasteiger partial charge in [0.2, 0.25) is 0 Å². The number of carbonyl (C=O) groups is 3. The van der Waals surface area contributed by atoms with Crippen molar-refractivity contribution < 1.29 is 43.2 Å². The molecule has 2 N–H and O–H groups in total. The van der Waals surface area contributed by atoms with Gasteiger partial charge in [0.15, 0.2) is 17.7 Å². The molecule has 0 spiro atoms. The predicted molar refractivity (Wildman–Crippen MR) is 172 cm³/mol. The van der Waals surface area contributed by atoms with Gasteiger partial charge in [-0.2, -0.15) is 0 Å². The predicted octanol–water partition coefficient (Wildman–Crippen LogP) is 3.49. The van der Waals surface area contributed by atoms with Gasteiger partial charge in [0.25, 0.3) is 0 Å². The molecule has 5 aliphatic rings. The van der Waals surface area contributed by atoms with Crippen LogP contribution >= 0.6 is 0 Å². The van der Waals surface area contributed by atoms with Gasteiger partial charge in [-0.1, -0.05) is 27.7 Å². The smallest absolute Gasteiger partial charge is 0.320 e. The molecule has 5 saturated heterocycles. The molecule has 0 aromatic heterocycles. The van der Waals surface area contributed by atoms with Crippen molar-refractivity contribution in [3.63, 3.8) is 0 Å². The first-order valence-corrected chi connectivity index (χ1v) is 17.4. The topological polar surface area (TPSA) is 133 Å². The van der Waals surface area contributed by atoms with E-state index in [0.717, 1.165) is 0 Å². The van der Waals surface area contributed by atoms with Gasteiger partial charge >= 0.3 is 11.9 Å². The van der Waals surface area contributed by atoms with Crippen LogP contribution in [0.4, 0.5) is 0 Å². The highest BCUT2D eigenvalue weighted by molar-refractivity contribution is 6.05. The van der Waals surface area contributed by atoms with E-state index in [1.54, 1.807) is 13.8 Å². The van der Waals surface area contributed by atoms with Crippen LogP contribution in [0, 0.1) is 29.1 Å². The molecular formula is C35H60N2O9. The zero-order valence-electron chi connectivity index (χ0n) is 30.0. The van der Waals surface area contributed by atoms with Gasteiger partial charge < -0.3 is 39.0 Å². The van der Waals surface area contributed by atoms with Crippen LogP contribution in [-0.2, 0) is 38.1 Å². The van der Waals surface area contributed by atoms with Crippen molar-refractivity contribution in [2.75, 3.05) is 27.2 Å². The third-order valence-electron chi connectivity index (χ3n) is 11.7. The Labute approximate surface area is 275 Å². The molecule has 0 amide bonds. The van der Waals surface area contributed by atoms with Gasteiger partial charge in [-0.25, -0.2) is 0 Å². The fraction of sp³-hybridized carbons (Fsp3) is 0.914. The van der Waals surface area contributed by atoms with E-state index >= 15 is 0 Å². The molecule has 5 unspecified atom stereocenters. The van der Waals surface area contributed by atoms with E-state index in [9.17, 15) is 19.5 Å². The number of nitrogens with zero attached hydrogens (tertiary/aromatic N) is 1. The normalized spacial score (nSPS) is 47.8. The first-order valence-electron chi connectivity index (χ1n) is 17.4. The minimum atomic E-state index is -1.56. The number of rotatable bonds is 5. The van der Waals surface area contributed by atoms with Crippen molar-refractivity contribution in [3.05, 3.63) is 0 Å². The van der Waals surface area contributed by atoms with Crippen LogP contribution in [0.25, 0.3) is 0 Å². The summed E-state index contributed by atoms with van der Waals surface area (Å²) >= 11 is 0. The highest BCUT2D eigenvalue weighted by Crippen LogP contribution is 2.47. The SMILES string of the molecule is CCC1CO[C@@]2(C)C[C@@H](C)CN[C@H](C)[C@H]3CC(=O)O[C@]3(C)[C@@H](CC)OC(=O)[C@]1(C)C(=O)[C@H](C)[C@H]2OC1OC(C)CC(N(C)C)C1O. The zero-order chi connectivity index (χ0) is 34.4. The van der Waals surface area contributed by atoms with Crippen LogP contribution in [0.1, 0.15) is 94.4 Å². The van der Waals surface area contributed by atoms with Crippen molar-refractivity contribution in [1.29, 1.82) is 0 Å². The van der Waals surface area contributed by atoms with E-state index in [1.165, 1.54) is 0 Å². The summed E-state index contributed by atoms with van der Waals surface area (Å²) in [5, 5.41) is 15.0. The third kappa shape index (κ3) is 6.79. The second-order valence-corrected chi connectivity index (χ2v) is 15.5. The van der Waals surface area contributed by atoms with Crippen LogP contribution < -0.4 is 5.32 Å². The zero-order valence-corrected chi connectivity index (χ0v) is 30.0. The van der Waals surface area contributed by atoms with Crippen LogP contribution in [0.2, 0.25) is 0 Å². The van der Waals surface area contributed by atoms with E-state index < -0.39 is 59.0 Å². The summed E-state index contributed by atoms with van der Waals surface area (Å²) in [6, 6.07) is -0.316. The number of Topliss-reactive ketones (excluding diaryl/α,β-unsaturated/α-hetero) is 1. The van der Waals surface area contributed by atoms with E-state index in [0.29, 0.717) is 32.2 Å². The molecule has 264 valence electrons. The lowest BCUT2D eigenvalue weighted by molar-refractivity contribution is -0.301. The van der Waals surface area contributed by atoms with Gasteiger partial charge in [-0.05, 0) is 86.9 Å². The molecule has 5 rings (SSSR count). The fourth-order valence-electron chi connectivity index (χ4n) is 8.78. The third-order valence-corrected chi connectivity index (χ3v) is 11.7. The maximum Gasteiger partial charge on any atom is 0.320 e. The number of nitrogens with one attached hydrogen (secondary N) is 1. The number of ketones is 1. The number of hydrogen-bond donors (Lipinski definition) is 2. The van der Waals surface area contributed by atoms with Crippen molar-refractivity contribution in [1.82, 2.24) is 10.2 Å². The van der Waals surface area contributed by atoms with Crippen molar-refractivity contribution >= 4 is 17.7 Å². The van der Waals surface area contributed by atoms with Gasteiger partial charge in [0.05, 0.1) is 30.8 Å². The number of likely N-dealkylation sites (N-methyl/N-ethyl adjacent to an activating group) is 1. The second kappa shape index (κ2) is 14.1. The molecule has 0 aliphatic carbocycles. The minimum Gasteiger partial charge on any atom is -0.457 e. The van der Waals surface area contributed by atoms with Gasteiger partial charge in [-0.3, -0.25) is 14.4 Å². The maximum atomic E-state index is 14.9. The molecule has 46 heavy (non-hydrogen) atoms. The van der Waals surface area contributed by atoms with Gasteiger partial charge in [-0.15, -0.1) is 0 Å². The highest BCUT2D eigenvalue weighted by Gasteiger charge is 2.60. The molecule has 11 heteroatoms. The van der Waals surface area contributed by atoms with Crippen LogP contribution in [-0.4, -0.2) is 109 Å². The summed E-state index contributed by atoms with van der Waals surface area (Å²) in [7, 11) is 3.84. The first-order chi connectivity index (χ1) is 21.4. The van der Waals surface area contributed by atoms with Crippen LogP contribution in [0.5, 0.6) is 0 Å². The summed E-state index contributed by atoms with van der Waals surface area (Å²) in [6.07, 6.45) is -1.39. The molecular weight excluding hydrogens is 592 g/mol. The first kappa shape index (κ1) is 37.2. The molecule has 5 fully saturated rings. The summed E-state index contributed by atoms with van der Waals surface area (Å²) in [5.41, 5.74) is -3.57. The maximum absolute atomic E-state index is 14.9. The fourth-order valence-corrected chi connectivity index (χ4v) is 8.78. The Balaban J connectivity index is 1.82. The van der Waals surface area contributed by atoms with Gasteiger partial charge in [0.1, 0.15) is 17.6 Å². The Bertz CT molecular complexity index is 1120. The lowest BCUT2D eigenvalue weighted by Crippen LogP contribution is -2.62. The number of ether oxygens (including phenoxy) is 5. The average molecular weight is 653 g/mol. The Hall–Kier alpha value is -1.63. The Morgan fingerprint density at radius 2 is 1.72 bits per heavy atom. The molecule has 5 aliphatic heterocycles. The molecule has 2 bridgehead atoms. The number of hydrogen-bond acceptors (Lipinski definition) is 11. The van der Waals surface area contributed by atoms with Crippen molar-refractivity contribution in [2.45, 2.75) is 148 Å². The number of aliphatic hydroxyl groups is 1. The van der Waals surface area contributed by atoms with Crippen LogP contribution in [0.3, 0.4) is 0 Å². The molecule has 0 saturated carbocycles. The Kier molecular flexibility index (Phi) is 11.4. The van der Waals surface area contributed by atoms with E-state index in [-0.39, 0.29) is 54.8 Å². The summed E-state index contributed by atoms with van der Waals surface area (Å²) < 4.78 is 32.0. The largest absolute Gasteiger partial charge is 0.457 e. The monoisotopic (exact) mass is 652 g/mol. The Morgan fingerprint density at radius 1 is 1.04 bits per heavy atom. The lowest BCUT2D eigenvalue weighted by Gasteiger charge is -2.50. The van der Waals surface area contributed by atoms with Crippen LogP contribution in [0.15, 0.2) is 0 Å². The average Bonchev–Trinajstić information content (AvgIpc) is 3.31. The van der Waals surface area contributed by atoms with E-state index in [1.807, 2.05) is 60.5 Å². The van der Waals surface area contributed by atoms with Gasteiger partial charge in [0, 0.05) is 29.8 Å². The van der Waals surface area contributed by atoms with E-state index in [2.05, 4.69) is 12.2 Å². The molecule has 11 nitrogen and oxygen atoms in total. The molecule has 0 aromatic carbocycles. The number of esters is 2. The number of aliphatic hydroxyl groups excluding tert-OH is 1. The highest BCUT2D eigenvalue weighted by atomic mass is 16.7. The standard InChI is InChI=1S/C35H60N2O9/c1-12-23-18-42-33(7)16-19(3)17-36-22(6)24-15-27(38)46-35(24,9)26(13-2)44-32(41)34(23,8)29(40)21(5)30(33)45-31-28(39)25(37(10)11)14-20(4)43-31/h19-26,28,30-31,36,39H,12-18H2,1-11H3/t19-,20?,21+,22-,23?,24-,25?,26-,28?,30-,31?,33+,34+,35+/m1/s1. The number of fused-ring (bicyclic) bond motifs is 10. The molecule has 0 radical (unpaired) electrons. The molecule has 14 atom stereocenters. The lowest BCUT2D eigenvalue weighted by atomic mass is 9.65. The number of carbonyl (C=O) groups excluding carboxylic acids is 3. The van der Waals surface area contributed by atoms with E-state index in [4.69, 9.17) is 23.7 Å². The molecule has 0 aromatic rings.